The number of nitrogens with zero attached hydrogens (tertiary/aromatic N) is 2. The van der Waals surface area contributed by atoms with Crippen molar-refractivity contribution in [3.05, 3.63) is 17.0 Å². The maximum absolute atomic E-state index is 12.2. The smallest absolute Gasteiger partial charge is 0.315 e. The van der Waals surface area contributed by atoms with Gasteiger partial charge in [0, 0.05) is 31.8 Å². The molecule has 0 spiro atoms. The quantitative estimate of drug-likeness (QED) is 0.833. The highest BCUT2D eigenvalue weighted by Crippen LogP contribution is 2.20. The molecule has 1 aromatic heterocycles. The summed E-state index contributed by atoms with van der Waals surface area (Å²) in [5.41, 5.74) is 1.77. The lowest BCUT2D eigenvalue weighted by Crippen LogP contribution is -2.51. The number of rotatable bonds is 6. The van der Waals surface area contributed by atoms with E-state index in [1.54, 1.807) is 7.11 Å². The van der Waals surface area contributed by atoms with E-state index in [-0.39, 0.29) is 18.1 Å². The number of amides is 2. The van der Waals surface area contributed by atoms with Crippen LogP contribution in [-0.2, 0) is 4.74 Å². The summed E-state index contributed by atoms with van der Waals surface area (Å²) in [5.74, 6) is 0.749. The predicted octanol–water partition coefficient (Wildman–Crippen LogP) is 1.76. The number of likely N-dealkylation sites (tertiary alicyclic amines) is 1. The molecule has 2 heterocycles. The van der Waals surface area contributed by atoms with E-state index in [9.17, 15) is 4.79 Å². The van der Waals surface area contributed by atoms with Crippen LogP contribution in [0, 0.1) is 13.8 Å². The molecule has 7 nitrogen and oxygen atoms in total. The maximum atomic E-state index is 12.2. The van der Waals surface area contributed by atoms with Gasteiger partial charge in [-0.15, -0.1) is 0 Å². The third-order valence-electron chi connectivity index (χ3n) is 4.32. The molecule has 130 valence electrons. The number of aromatic nitrogens is 1. The Morgan fingerprint density at radius 3 is 2.96 bits per heavy atom. The number of methoxy groups -OCH3 is 1. The Hall–Kier alpha value is -1.60. The first-order valence-corrected chi connectivity index (χ1v) is 8.22. The van der Waals surface area contributed by atoms with Gasteiger partial charge in [0.2, 0.25) is 0 Å². The number of nitrogens with one attached hydrogen (secondary N) is 2. The Morgan fingerprint density at radius 1 is 1.52 bits per heavy atom. The average molecular weight is 324 g/mol. The molecule has 1 aromatic rings. The molecule has 0 saturated carbocycles. The van der Waals surface area contributed by atoms with E-state index >= 15 is 0 Å². The molecule has 23 heavy (non-hydrogen) atoms. The van der Waals surface area contributed by atoms with E-state index in [1.165, 1.54) is 0 Å². The van der Waals surface area contributed by atoms with Crippen LogP contribution in [0.1, 0.15) is 42.8 Å². The van der Waals surface area contributed by atoms with Gasteiger partial charge in [0.25, 0.3) is 0 Å². The second kappa shape index (κ2) is 8.31. The first-order valence-electron chi connectivity index (χ1n) is 8.22. The largest absolute Gasteiger partial charge is 0.383 e. The van der Waals surface area contributed by atoms with Crippen molar-refractivity contribution in [3.8, 4) is 0 Å². The number of hydrogen-bond donors (Lipinski definition) is 2. The maximum Gasteiger partial charge on any atom is 0.315 e. The molecule has 0 aliphatic carbocycles. The molecular formula is C16H28N4O3. The highest BCUT2D eigenvalue weighted by molar-refractivity contribution is 5.74. The van der Waals surface area contributed by atoms with Gasteiger partial charge in [-0.05, 0) is 40.2 Å². The molecule has 0 aromatic carbocycles. The molecule has 1 aliphatic heterocycles. The lowest BCUT2D eigenvalue weighted by atomic mass is 10.1. The fourth-order valence-corrected chi connectivity index (χ4v) is 3.20. The number of aryl methyl sites for hydroxylation is 2. The lowest BCUT2D eigenvalue weighted by Gasteiger charge is -2.33. The van der Waals surface area contributed by atoms with Gasteiger partial charge in [0.1, 0.15) is 5.76 Å². The minimum Gasteiger partial charge on any atom is -0.383 e. The van der Waals surface area contributed by atoms with Crippen LogP contribution in [0.2, 0.25) is 0 Å². The minimum absolute atomic E-state index is 0.130. The van der Waals surface area contributed by atoms with Crippen LogP contribution in [0.25, 0.3) is 0 Å². The van der Waals surface area contributed by atoms with Crippen molar-refractivity contribution >= 4 is 6.03 Å². The van der Waals surface area contributed by atoms with E-state index < -0.39 is 0 Å². The highest BCUT2D eigenvalue weighted by atomic mass is 16.5. The molecule has 2 atom stereocenters. The molecule has 2 rings (SSSR count). The molecule has 1 fully saturated rings. The van der Waals surface area contributed by atoms with Gasteiger partial charge in [0.05, 0.1) is 18.3 Å². The van der Waals surface area contributed by atoms with Gasteiger partial charge >= 0.3 is 6.03 Å². The van der Waals surface area contributed by atoms with Gasteiger partial charge in [-0.1, -0.05) is 5.16 Å². The highest BCUT2D eigenvalue weighted by Gasteiger charge is 2.23. The fourth-order valence-electron chi connectivity index (χ4n) is 3.20. The van der Waals surface area contributed by atoms with Crippen molar-refractivity contribution in [2.24, 2.45) is 0 Å². The number of carbonyl (C=O) groups is 1. The Morgan fingerprint density at radius 2 is 2.30 bits per heavy atom. The number of ether oxygens (including phenoxy) is 1. The first kappa shape index (κ1) is 17.7. The number of hydrogen-bond acceptors (Lipinski definition) is 5. The van der Waals surface area contributed by atoms with Gasteiger partial charge in [-0.3, -0.25) is 4.90 Å². The Balaban J connectivity index is 1.82. The lowest BCUT2D eigenvalue weighted by molar-refractivity contribution is 0.123. The molecule has 1 saturated heterocycles. The standard InChI is InChI=1S/C16H28N4O3/c1-11(15-12(2)19-23-13(15)3)17-16(21)18-14-6-5-7-20(10-14)8-9-22-4/h11,14H,5-10H2,1-4H3,(H2,17,18,21)/t11-,14+/m1/s1. The topological polar surface area (TPSA) is 79.6 Å². The van der Waals surface area contributed by atoms with Gasteiger partial charge in [0.15, 0.2) is 0 Å². The fraction of sp³-hybridized carbons (Fsp3) is 0.750. The third-order valence-corrected chi connectivity index (χ3v) is 4.32. The van der Waals surface area contributed by atoms with Crippen molar-refractivity contribution in [2.45, 2.75) is 45.7 Å². The summed E-state index contributed by atoms with van der Waals surface area (Å²) in [6, 6.07) is -0.0944. The Kier molecular flexibility index (Phi) is 6.41. The van der Waals surface area contributed by atoms with Crippen LogP contribution in [0.4, 0.5) is 4.79 Å². The van der Waals surface area contributed by atoms with E-state index in [0.29, 0.717) is 0 Å². The zero-order valence-corrected chi connectivity index (χ0v) is 14.5. The average Bonchev–Trinajstić information content (AvgIpc) is 2.84. The zero-order chi connectivity index (χ0) is 16.8. The molecular weight excluding hydrogens is 296 g/mol. The summed E-state index contributed by atoms with van der Waals surface area (Å²) in [6.45, 7) is 9.26. The van der Waals surface area contributed by atoms with E-state index in [0.717, 1.165) is 56.1 Å². The Bertz CT molecular complexity index is 498. The third kappa shape index (κ3) is 4.94. The molecule has 2 N–H and O–H groups in total. The molecule has 0 bridgehead atoms. The second-order valence-electron chi connectivity index (χ2n) is 6.21. The van der Waals surface area contributed by atoms with Gasteiger partial charge < -0.3 is 19.9 Å². The van der Waals surface area contributed by atoms with Crippen molar-refractivity contribution in [2.75, 3.05) is 33.4 Å². The number of urea groups is 1. The number of carbonyl (C=O) groups excluding carboxylic acids is 1. The van der Waals surface area contributed by atoms with E-state index in [4.69, 9.17) is 9.26 Å². The first-order chi connectivity index (χ1) is 11.0. The Labute approximate surface area is 137 Å². The van der Waals surface area contributed by atoms with Crippen molar-refractivity contribution in [1.29, 1.82) is 0 Å². The second-order valence-corrected chi connectivity index (χ2v) is 6.21. The predicted molar refractivity (Wildman–Crippen MR) is 87.4 cm³/mol. The van der Waals surface area contributed by atoms with Crippen molar-refractivity contribution in [1.82, 2.24) is 20.7 Å². The van der Waals surface area contributed by atoms with Crippen LogP contribution in [0.3, 0.4) is 0 Å². The summed E-state index contributed by atoms with van der Waals surface area (Å²) in [5, 5.41) is 9.98. The van der Waals surface area contributed by atoms with Crippen molar-refractivity contribution < 1.29 is 14.1 Å². The van der Waals surface area contributed by atoms with Crippen LogP contribution >= 0.6 is 0 Å². The van der Waals surface area contributed by atoms with Crippen LogP contribution in [-0.4, -0.2) is 55.5 Å². The molecule has 2 amide bonds. The summed E-state index contributed by atoms with van der Waals surface area (Å²) < 4.78 is 10.3. The summed E-state index contributed by atoms with van der Waals surface area (Å²) >= 11 is 0. The van der Waals surface area contributed by atoms with E-state index in [1.807, 2.05) is 20.8 Å². The van der Waals surface area contributed by atoms with Gasteiger partial charge in [-0.2, -0.15) is 0 Å². The monoisotopic (exact) mass is 324 g/mol. The molecule has 0 radical (unpaired) electrons. The van der Waals surface area contributed by atoms with E-state index in [2.05, 4.69) is 20.7 Å². The SMILES string of the molecule is COCCN1CCC[C@H](NC(=O)N[C@H](C)c2c(C)noc2C)C1. The zero-order valence-electron chi connectivity index (χ0n) is 14.5. The number of piperidine rings is 1. The summed E-state index contributed by atoms with van der Waals surface area (Å²) in [6.07, 6.45) is 2.10. The summed E-state index contributed by atoms with van der Waals surface area (Å²) in [4.78, 5) is 14.6. The van der Waals surface area contributed by atoms with Crippen LogP contribution in [0.5, 0.6) is 0 Å². The summed E-state index contributed by atoms with van der Waals surface area (Å²) in [7, 11) is 1.71. The van der Waals surface area contributed by atoms with Crippen LogP contribution < -0.4 is 10.6 Å². The normalized spacial score (nSPS) is 20.3. The molecule has 1 aliphatic rings. The van der Waals surface area contributed by atoms with Gasteiger partial charge in [-0.25, -0.2) is 4.79 Å². The molecule has 7 heteroatoms. The van der Waals surface area contributed by atoms with Crippen molar-refractivity contribution in [3.63, 3.8) is 0 Å². The minimum atomic E-state index is -0.143. The van der Waals surface area contributed by atoms with Crippen LogP contribution in [0.15, 0.2) is 4.52 Å². The molecule has 0 unspecified atom stereocenters.